The van der Waals surface area contributed by atoms with E-state index in [1.165, 1.54) is 0 Å². The lowest BCUT2D eigenvalue weighted by Gasteiger charge is -2.18. The summed E-state index contributed by atoms with van der Waals surface area (Å²) in [6, 6.07) is 9.80. The zero-order valence-corrected chi connectivity index (χ0v) is 9.95. The largest absolute Gasteiger partial charge is 0.491 e. The summed E-state index contributed by atoms with van der Waals surface area (Å²) in [6.45, 7) is 1.37. The fraction of sp³-hybridized carbons (Fsp3) is 0.500. The molecule has 1 aromatic rings. The molecule has 1 heterocycles. The Balaban J connectivity index is 0.00000128. The Morgan fingerprint density at radius 2 is 2.12 bits per heavy atom. The van der Waals surface area contributed by atoms with Gasteiger partial charge in [-0.15, -0.1) is 12.4 Å². The lowest BCUT2D eigenvalue weighted by molar-refractivity contribution is 0.0792. The van der Waals surface area contributed by atoms with Crippen LogP contribution in [-0.2, 0) is 0 Å². The molecule has 1 fully saturated rings. The maximum absolute atomic E-state index is 9.82. The van der Waals surface area contributed by atoms with Gasteiger partial charge in [-0.05, 0) is 31.5 Å². The standard InChI is InChI=1S/C12H17NO2.ClH/c14-12(11-7-4-8-13-11)9-15-10-5-2-1-3-6-10;/h1-3,5-6,11-14H,4,7-9H2;1H. The second-order valence-electron chi connectivity index (χ2n) is 3.89. The molecule has 0 aromatic heterocycles. The van der Waals surface area contributed by atoms with Crippen LogP contribution in [0.4, 0.5) is 0 Å². The fourth-order valence-corrected chi connectivity index (χ4v) is 1.85. The van der Waals surface area contributed by atoms with Crippen LogP contribution in [0.15, 0.2) is 30.3 Å². The highest BCUT2D eigenvalue weighted by molar-refractivity contribution is 5.85. The molecule has 0 bridgehead atoms. The molecule has 90 valence electrons. The zero-order chi connectivity index (χ0) is 10.5. The van der Waals surface area contributed by atoms with E-state index in [0.717, 1.165) is 25.1 Å². The number of nitrogens with one attached hydrogen (secondary N) is 1. The third-order valence-corrected chi connectivity index (χ3v) is 2.73. The normalized spacial score (nSPS) is 21.2. The van der Waals surface area contributed by atoms with Crippen molar-refractivity contribution in [1.82, 2.24) is 5.32 Å². The van der Waals surface area contributed by atoms with Gasteiger partial charge in [-0.2, -0.15) is 0 Å². The van der Waals surface area contributed by atoms with Crippen LogP contribution in [-0.4, -0.2) is 30.4 Å². The molecule has 2 unspecified atom stereocenters. The summed E-state index contributed by atoms with van der Waals surface area (Å²) in [5, 5.41) is 13.1. The zero-order valence-electron chi connectivity index (χ0n) is 9.13. The molecule has 3 nitrogen and oxygen atoms in total. The van der Waals surface area contributed by atoms with Crippen LogP contribution in [0.3, 0.4) is 0 Å². The summed E-state index contributed by atoms with van der Waals surface area (Å²) in [6.07, 6.45) is 1.78. The van der Waals surface area contributed by atoms with E-state index in [9.17, 15) is 5.11 Å². The van der Waals surface area contributed by atoms with Crippen molar-refractivity contribution in [3.05, 3.63) is 30.3 Å². The van der Waals surface area contributed by atoms with E-state index in [4.69, 9.17) is 4.74 Å². The van der Waals surface area contributed by atoms with Gasteiger partial charge in [0, 0.05) is 6.04 Å². The lowest BCUT2D eigenvalue weighted by atomic mass is 10.1. The third kappa shape index (κ3) is 3.67. The topological polar surface area (TPSA) is 41.5 Å². The summed E-state index contributed by atoms with van der Waals surface area (Å²) in [5.74, 6) is 0.814. The number of para-hydroxylation sites is 1. The number of hydrogen-bond acceptors (Lipinski definition) is 3. The second-order valence-corrected chi connectivity index (χ2v) is 3.89. The van der Waals surface area contributed by atoms with Crippen molar-refractivity contribution in [3.8, 4) is 5.75 Å². The number of halogens is 1. The summed E-state index contributed by atoms with van der Waals surface area (Å²) in [5.41, 5.74) is 0. The van der Waals surface area contributed by atoms with Gasteiger partial charge in [0.15, 0.2) is 0 Å². The molecule has 1 aliphatic rings. The molecule has 0 spiro atoms. The molecule has 1 aromatic carbocycles. The van der Waals surface area contributed by atoms with Gasteiger partial charge in [-0.25, -0.2) is 0 Å². The van der Waals surface area contributed by atoms with Crippen molar-refractivity contribution >= 4 is 12.4 Å². The van der Waals surface area contributed by atoms with Gasteiger partial charge in [-0.3, -0.25) is 0 Å². The molecular formula is C12H18ClNO2. The molecule has 2 rings (SSSR count). The molecule has 1 saturated heterocycles. The first-order valence-corrected chi connectivity index (χ1v) is 5.45. The highest BCUT2D eigenvalue weighted by atomic mass is 35.5. The Hall–Kier alpha value is -0.770. The Morgan fingerprint density at radius 1 is 1.38 bits per heavy atom. The maximum atomic E-state index is 9.82. The average molecular weight is 244 g/mol. The minimum atomic E-state index is -0.410. The molecule has 0 aliphatic carbocycles. The highest BCUT2D eigenvalue weighted by Gasteiger charge is 2.22. The monoisotopic (exact) mass is 243 g/mol. The van der Waals surface area contributed by atoms with E-state index in [-0.39, 0.29) is 18.4 Å². The van der Waals surface area contributed by atoms with Crippen LogP contribution in [0, 0.1) is 0 Å². The summed E-state index contributed by atoms with van der Waals surface area (Å²) < 4.78 is 5.49. The predicted octanol–water partition coefficient (Wildman–Crippen LogP) is 1.60. The third-order valence-electron chi connectivity index (χ3n) is 2.73. The van der Waals surface area contributed by atoms with Crippen LogP contribution >= 0.6 is 12.4 Å². The molecular weight excluding hydrogens is 226 g/mol. The van der Waals surface area contributed by atoms with Crippen molar-refractivity contribution in [2.24, 2.45) is 0 Å². The van der Waals surface area contributed by atoms with Gasteiger partial charge >= 0.3 is 0 Å². The summed E-state index contributed by atoms with van der Waals surface area (Å²) >= 11 is 0. The molecule has 0 saturated carbocycles. The van der Waals surface area contributed by atoms with E-state index >= 15 is 0 Å². The number of aliphatic hydroxyl groups excluding tert-OH is 1. The number of hydrogen-bond donors (Lipinski definition) is 2. The molecule has 16 heavy (non-hydrogen) atoms. The quantitative estimate of drug-likeness (QED) is 0.844. The van der Waals surface area contributed by atoms with Crippen molar-refractivity contribution in [1.29, 1.82) is 0 Å². The second kappa shape index (κ2) is 6.74. The summed E-state index contributed by atoms with van der Waals surface area (Å²) in [7, 11) is 0. The Labute approximate surface area is 102 Å². The van der Waals surface area contributed by atoms with Crippen molar-refractivity contribution < 1.29 is 9.84 Å². The Bertz CT molecular complexity index is 288. The van der Waals surface area contributed by atoms with Gasteiger partial charge in [0.05, 0.1) is 0 Å². The van der Waals surface area contributed by atoms with Crippen molar-refractivity contribution in [2.45, 2.75) is 25.0 Å². The van der Waals surface area contributed by atoms with E-state index in [1.807, 2.05) is 30.3 Å². The van der Waals surface area contributed by atoms with Gasteiger partial charge in [0.25, 0.3) is 0 Å². The van der Waals surface area contributed by atoms with Crippen LogP contribution in [0.2, 0.25) is 0 Å². The lowest BCUT2D eigenvalue weighted by Crippen LogP contribution is -2.38. The first-order valence-electron chi connectivity index (χ1n) is 5.45. The Morgan fingerprint density at radius 3 is 2.75 bits per heavy atom. The molecule has 0 radical (unpaired) electrons. The van der Waals surface area contributed by atoms with Gasteiger partial charge in [0.2, 0.25) is 0 Å². The SMILES string of the molecule is Cl.OC(COc1ccccc1)C1CCCN1. The Kier molecular flexibility index (Phi) is 5.60. The van der Waals surface area contributed by atoms with E-state index in [2.05, 4.69) is 5.32 Å². The predicted molar refractivity (Wildman–Crippen MR) is 66.2 cm³/mol. The van der Waals surface area contributed by atoms with E-state index in [1.54, 1.807) is 0 Å². The smallest absolute Gasteiger partial charge is 0.119 e. The molecule has 1 aliphatic heterocycles. The van der Waals surface area contributed by atoms with Gasteiger partial charge < -0.3 is 15.2 Å². The molecule has 4 heteroatoms. The molecule has 0 amide bonds. The van der Waals surface area contributed by atoms with Crippen LogP contribution in [0.25, 0.3) is 0 Å². The average Bonchev–Trinajstić information content (AvgIpc) is 2.81. The van der Waals surface area contributed by atoms with E-state index < -0.39 is 6.10 Å². The van der Waals surface area contributed by atoms with E-state index in [0.29, 0.717) is 6.61 Å². The van der Waals surface area contributed by atoms with Crippen LogP contribution < -0.4 is 10.1 Å². The summed E-state index contributed by atoms with van der Waals surface area (Å²) in [4.78, 5) is 0. The fourth-order valence-electron chi connectivity index (χ4n) is 1.85. The number of ether oxygens (including phenoxy) is 1. The van der Waals surface area contributed by atoms with Crippen LogP contribution in [0.5, 0.6) is 5.75 Å². The maximum Gasteiger partial charge on any atom is 0.119 e. The van der Waals surface area contributed by atoms with Gasteiger partial charge in [-0.1, -0.05) is 18.2 Å². The van der Waals surface area contributed by atoms with Crippen molar-refractivity contribution in [3.63, 3.8) is 0 Å². The minimum absolute atomic E-state index is 0. The first kappa shape index (κ1) is 13.3. The number of benzene rings is 1. The molecule has 2 N–H and O–H groups in total. The molecule has 2 atom stereocenters. The first-order chi connectivity index (χ1) is 7.36. The highest BCUT2D eigenvalue weighted by Crippen LogP contribution is 2.12. The van der Waals surface area contributed by atoms with Gasteiger partial charge in [0.1, 0.15) is 18.5 Å². The minimum Gasteiger partial charge on any atom is -0.491 e. The number of rotatable bonds is 4. The number of aliphatic hydroxyl groups is 1. The van der Waals surface area contributed by atoms with Crippen molar-refractivity contribution in [2.75, 3.05) is 13.2 Å². The van der Waals surface area contributed by atoms with Crippen LogP contribution in [0.1, 0.15) is 12.8 Å².